The number of hydrogen-bond donors (Lipinski definition) is 1. The quantitative estimate of drug-likeness (QED) is 0.886. The van der Waals surface area contributed by atoms with Crippen LogP contribution in [-0.2, 0) is 9.53 Å². The maximum atomic E-state index is 12.1. The normalized spacial score (nSPS) is 21.6. The number of hydrogen-bond acceptors (Lipinski definition) is 4. The van der Waals surface area contributed by atoms with E-state index in [1.165, 1.54) is 0 Å². The number of esters is 1. The molecule has 2 aromatic rings. The topological polar surface area (TPSA) is 51.2 Å². The largest absolute Gasteiger partial charge is 0.466 e. The second kappa shape index (κ2) is 6.00. The van der Waals surface area contributed by atoms with Crippen molar-refractivity contribution >= 4 is 28.5 Å². The Morgan fingerprint density at radius 2 is 2.29 bits per heavy atom. The number of carbonyl (C=O) groups excluding carboxylic acids is 1. The minimum atomic E-state index is -0.170. The predicted molar refractivity (Wildman–Crippen MR) is 82.5 cm³/mol. The second-order valence-electron chi connectivity index (χ2n) is 5.16. The monoisotopic (exact) mass is 304 g/mol. The van der Waals surface area contributed by atoms with Gasteiger partial charge in [-0.05, 0) is 30.7 Å². The molecule has 2 atom stereocenters. The molecule has 1 fully saturated rings. The Morgan fingerprint density at radius 3 is 3.10 bits per heavy atom. The zero-order valence-electron chi connectivity index (χ0n) is 11.8. The molecule has 0 radical (unpaired) electrons. The standard InChI is InChI=1S/C16H17ClN2O2/c1-2-21-16(20)13-9-18-8-12(13)10-5-6-14(17)11-4-3-7-19-15(10)11/h3-7,12-13,18H,2,8-9H2,1H3. The smallest absolute Gasteiger partial charge is 0.310 e. The van der Waals surface area contributed by atoms with Crippen molar-refractivity contribution in [1.82, 2.24) is 10.3 Å². The van der Waals surface area contributed by atoms with Gasteiger partial charge in [0, 0.05) is 35.6 Å². The van der Waals surface area contributed by atoms with Crippen LogP contribution in [0.2, 0.25) is 5.02 Å². The third-order valence-corrected chi connectivity index (χ3v) is 4.28. The van der Waals surface area contributed by atoms with Crippen LogP contribution in [0.25, 0.3) is 10.9 Å². The van der Waals surface area contributed by atoms with E-state index in [0.29, 0.717) is 18.2 Å². The molecule has 21 heavy (non-hydrogen) atoms. The molecule has 110 valence electrons. The van der Waals surface area contributed by atoms with Gasteiger partial charge in [-0.1, -0.05) is 17.7 Å². The molecular weight excluding hydrogens is 288 g/mol. The fourth-order valence-electron chi connectivity index (χ4n) is 2.96. The van der Waals surface area contributed by atoms with Gasteiger partial charge in [0.25, 0.3) is 0 Å². The Morgan fingerprint density at radius 1 is 1.43 bits per heavy atom. The van der Waals surface area contributed by atoms with Gasteiger partial charge in [-0.2, -0.15) is 0 Å². The van der Waals surface area contributed by atoms with Crippen molar-refractivity contribution in [1.29, 1.82) is 0 Å². The molecule has 1 N–H and O–H groups in total. The van der Waals surface area contributed by atoms with Crippen molar-refractivity contribution in [2.45, 2.75) is 12.8 Å². The number of fused-ring (bicyclic) bond motifs is 1. The maximum absolute atomic E-state index is 12.1. The molecule has 0 saturated carbocycles. The van der Waals surface area contributed by atoms with Crippen LogP contribution in [0.5, 0.6) is 0 Å². The Balaban J connectivity index is 2.03. The molecular formula is C16H17ClN2O2. The van der Waals surface area contributed by atoms with E-state index < -0.39 is 0 Å². The number of nitrogens with zero attached hydrogens (tertiary/aromatic N) is 1. The molecule has 2 unspecified atom stereocenters. The second-order valence-corrected chi connectivity index (χ2v) is 5.57. The maximum Gasteiger partial charge on any atom is 0.310 e. The third-order valence-electron chi connectivity index (χ3n) is 3.95. The number of pyridine rings is 1. The summed E-state index contributed by atoms with van der Waals surface area (Å²) in [5.41, 5.74) is 1.92. The van der Waals surface area contributed by atoms with E-state index in [0.717, 1.165) is 23.0 Å². The molecule has 1 saturated heterocycles. The number of aromatic nitrogens is 1. The van der Waals surface area contributed by atoms with Crippen molar-refractivity contribution in [3.8, 4) is 0 Å². The van der Waals surface area contributed by atoms with Crippen molar-refractivity contribution in [2.75, 3.05) is 19.7 Å². The van der Waals surface area contributed by atoms with Gasteiger partial charge in [0.15, 0.2) is 0 Å². The first-order valence-corrected chi connectivity index (χ1v) is 7.50. The Hall–Kier alpha value is -1.65. The van der Waals surface area contributed by atoms with E-state index in [9.17, 15) is 4.79 Å². The molecule has 1 aromatic heterocycles. The van der Waals surface area contributed by atoms with E-state index in [-0.39, 0.29) is 17.8 Å². The molecule has 2 heterocycles. The molecule has 4 nitrogen and oxygen atoms in total. The Labute approximate surface area is 128 Å². The van der Waals surface area contributed by atoms with E-state index in [2.05, 4.69) is 10.3 Å². The van der Waals surface area contributed by atoms with Gasteiger partial charge >= 0.3 is 5.97 Å². The van der Waals surface area contributed by atoms with Gasteiger partial charge in [-0.25, -0.2) is 0 Å². The van der Waals surface area contributed by atoms with Crippen LogP contribution in [0.1, 0.15) is 18.4 Å². The van der Waals surface area contributed by atoms with E-state index in [1.807, 2.05) is 31.2 Å². The lowest BCUT2D eigenvalue weighted by Gasteiger charge is -2.19. The van der Waals surface area contributed by atoms with Crippen LogP contribution in [-0.4, -0.2) is 30.6 Å². The molecule has 0 amide bonds. The van der Waals surface area contributed by atoms with Crippen LogP contribution < -0.4 is 5.32 Å². The van der Waals surface area contributed by atoms with E-state index in [4.69, 9.17) is 16.3 Å². The summed E-state index contributed by atoms with van der Waals surface area (Å²) in [5, 5.41) is 4.88. The van der Waals surface area contributed by atoms with E-state index in [1.54, 1.807) is 6.20 Å². The molecule has 0 spiro atoms. The first-order chi connectivity index (χ1) is 10.2. The molecule has 5 heteroatoms. The fraction of sp³-hybridized carbons (Fsp3) is 0.375. The zero-order valence-corrected chi connectivity index (χ0v) is 12.6. The summed E-state index contributed by atoms with van der Waals surface area (Å²) < 4.78 is 5.19. The molecule has 1 aliphatic rings. The summed E-state index contributed by atoms with van der Waals surface area (Å²) in [5.74, 6) is -0.249. The summed E-state index contributed by atoms with van der Waals surface area (Å²) in [7, 11) is 0. The van der Waals surface area contributed by atoms with Crippen LogP contribution >= 0.6 is 11.6 Å². The summed E-state index contributed by atoms with van der Waals surface area (Å²) in [6.07, 6.45) is 1.75. The lowest BCUT2D eigenvalue weighted by molar-refractivity contribution is -0.147. The Bertz CT molecular complexity index is 674. The van der Waals surface area contributed by atoms with Crippen LogP contribution in [0, 0.1) is 5.92 Å². The highest BCUT2D eigenvalue weighted by atomic mass is 35.5. The van der Waals surface area contributed by atoms with Gasteiger partial charge in [0.1, 0.15) is 0 Å². The lowest BCUT2D eigenvalue weighted by atomic mass is 9.87. The van der Waals surface area contributed by atoms with Gasteiger partial charge in [0.05, 0.1) is 18.0 Å². The zero-order chi connectivity index (χ0) is 14.8. The summed E-state index contributed by atoms with van der Waals surface area (Å²) in [6.45, 7) is 3.62. The minimum Gasteiger partial charge on any atom is -0.466 e. The average molecular weight is 305 g/mol. The first kappa shape index (κ1) is 14.3. The Kier molecular flexibility index (Phi) is 4.08. The minimum absolute atomic E-state index is 0.0683. The fourth-order valence-corrected chi connectivity index (χ4v) is 3.18. The van der Waals surface area contributed by atoms with Crippen LogP contribution in [0.15, 0.2) is 30.5 Å². The van der Waals surface area contributed by atoms with Crippen molar-refractivity contribution in [3.63, 3.8) is 0 Å². The summed E-state index contributed by atoms with van der Waals surface area (Å²) in [6, 6.07) is 7.67. The highest BCUT2D eigenvalue weighted by molar-refractivity contribution is 6.35. The van der Waals surface area contributed by atoms with E-state index >= 15 is 0 Å². The highest BCUT2D eigenvalue weighted by Crippen LogP contribution is 2.35. The van der Waals surface area contributed by atoms with Crippen molar-refractivity contribution in [3.05, 3.63) is 41.0 Å². The van der Waals surface area contributed by atoms with Crippen molar-refractivity contribution < 1.29 is 9.53 Å². The molecule has 1 aromatic carbocycles. The number of ether oxygens (including phenoxy) is 1. The average Bonchev–Trinajstić information content (AvgIpc) is 2.97. The number of benzene rings is 1. The number of carbonyl (C=O) groups is 1. The lowest BCUT2D eigenvalue weighted by Crippen LogP contribution is -2.24. The van der Waals surface area contributed by atoms with Gasteiger partial charge < -0.3 is 10.1 Å². The van der Waals surface area contributed by atoms with Crippen LogP contribution in [0.4, 0.5) is 0 Å². The summed E-state index contributed by atoms with van der Waals surface area (Å²) in [4.78, 5) is 16.6. The molecule has 0 bridgehead atoms. The van der Waals surface area contributed by atoms with Crippen LogP contribution in [0.3, 0.4) is 0 Å². The van der Waals surface area contributed by atoms with Gasteiger partial charge in [0.2, 0.25) is 0 Å². The molecule has 0 aliphatic carbocycles. The van der Waals surface area contributed by atoms with Gasteiger partial charge in [-0.15, -0.1) is 0 Å². The third kappa shape index (κ3) is 2.61. The highest BCUT2D eigenvalue weighted by Gasteiger charge is 2.36. The SMILES string of the molecule is CCOC(=O)C1CNCC1c1ccc(Cl)c2cccnc12. The first-order valence-electron chi connectivity index (χ1n) is 7.13. The number of nitrogens with one attached hydrogen (secondary N) is 1. The van der Waals surface area contributed by atoms with Crippen molar-refractivity contribution in [2.24, 2.45) is 5.92 Å². The number of halogens is 1. The molecule has 3 rings (SSSR count). The van der Waals surface area contributed by atoms with Gasteiger partial charge in [-0.3, -0.25) is 9.78 Å². The summed E-state index contributed by atoms with van der Waals surface area (Å²) >= 11 is 6.24. The number of rotatable bonds is 3. The molecule has 1 aliphatic heterocycles. The predicted octanol–water partition coefficient (Wildman–Crippen LogP) is 2.75.